The van der Waals surface area contributed by atoms with Crippen molar-refractivity contribution in [1.82, 2.24) is 0 Å². The highest BCUT2D eigenvalue weighted by Gasteiger charge is 2.34. The van der Waals surface area contributed by atoms with E-state index in [0.29, 0.717) is 11.1 Å². The first-order chi connectivity index (χ1) is 16.4. The summed E-state index contributed by atoms with van der Waals surface area (Å²) in [5.74, 6) is -0.511. The number of benzene rings is 3. The lowest BCUT2D eigenvalue weighted by molar-refractivity contribution is -0.137. The van der Waals surface area contributed by atoms with Crippen LogP contribution in [0.5, 0.6) is 0 Å². The largest absolute Gasteiger partial charge is 0.465 e. The first-order valence-corrected chi connectivity index (χ1v) is 12.1. The summed E-state index contributed by atoms with van der Waals surface area (Å²) in [4.78, 5) is 11.6. The Hall–Kier alpha value is -3.53. The van der Waals surface area contributed by atoms with Crippen molar-refractivity contribution in [3.63, 3.8) is 0 Å². The van der Waals surface area contributed by atoms with Crippen molar-refractivity contribution >= 4 is 27.4 Å². The Morgan fingerprint density at radius 2 is 1.63 bits per heavy atom. The number of nitrogens with zero attached hydrogens (tertiary/aromatic N) is 1. The molecule has 0 fully saturated rings. The van der Waals surface area contributed by atoms with Crippen LogP contribution < -0.4 is 9.62 Å². The van der Waals surface area contributed by atoms with Crippen LogP contribution in [0.15, 0.2) is 77.7 Å². The lowest BCUT2D eigenvalue weighted by atomic mass is 10.1. The number of nitrogens with one attached hydrogen (secondary N) is 1. The van der Waals surface area contributed by atoms with Crippen LogP contribution in [0, 0.1) is 0 Å². The second kappa shape index (κ2) is 10.4. The lowest BCUT2D eigenvalue weighted by Crippen LogP contribution is -2.37. The highest BCUT2D eigenvalue weighted by Crippen LogP contribution is 2.38. The number of anilines is 2. The van der Waals surface area contributed by atoms with E-state index in [1.807, 2.05) is 0 Å². The molecule has 0 aliphatic carbocycles. The van der Waals surface area contributed by atoms with Gasteiger partial charge in [-0.25, -0.2) is 13.2 Å². The van der Waals surface area contributed by atoms with E-state index in [4.69, 9.17) is 0 Å². The summed E-state index contributed by atoms with van der Waals surface area (Å²) in [5.41, 5.74) is 0.178. The van der Waals surface area contributed by atoms with Crippen LogP contribution in [-0.4, -0.2) is 27.5 Å². The molecule has 0 aliphatic rings. The van der Waals surface area contributed by atoms with Gasteiger partial charge in [0.1, 0.15) is 0 Å². The van der Waals surface area contributed by atoms with Crippen LogP contribution in [0.1, 0.15) is 35.3 Å². The minimum atomic E-state index is -4.61. The van der Waals surface area contributed by atoms with Gasteiger partial charge in [0.05, 0.1) is 34.5 Å². The predicted octanol–water partition coefficient (Wildman–Crippen LogP) is 5.71. The predicted molar refractivity (Wildman–Crippen MR) is 128 cm³/mol. The van der Waals surface area contributed by atoms with E-state index < -0.39 is 33.8 Å². The van der Waals surface area contributed by atoms with Gasteiger partial charge in [0.2, 0.25) is 0 Å². The number of sulfonamides is 1. The van der Waals surface area contributed by atoms with E-state index in [0.717, 1.165) is 22.5 Å². The molecule has 186 valence electrons. The molecule has 0 heterocycles. The molecular weight excluding hydrogens is 481 g/mol. The number of alkyl halides is 3. The van der Waals surface area contributed by atoms with Crippen molar-refractivity contribution < 1.29 is 31.1 Å². The summed E-state index contributed by atoms with van der Waals surface area (Å²) >= 11 is 0. The summed E-state index contributed by atoms with van der Waals surface area (Å²) in [6.45, 7) is 3.38. The summed E-state index contributed by atoms with van der Waals surface area (Å²) in [6, 6.07) is 16.4. The molecule has 0 unspecified atom stereocenters. The second-order valence-electron chi connectivity index (χ2n) is 7.98. The summed E-state index contributed by atoms with van der Waals surface area (Å²) in [7, 11) is -2.80. The zero-order chi connectivity index (χ0) is 25.8. The van der Waals surface area contributed by atoms with Crippen LogP contribution >= 0.6 is 0 Å². The average Bonchev–Trinajstić information content (AvgIpc) is 2.82. The number of hydrogen-bond acceptors (Lipinski definition) is 5. The van der Waals surface area contributed by atoms with Gasteiger partial charge in [-0.05, 0) is 61.9 Å². The molecule has 0 aromatic heterocycles. The maximum absolute atomic E-state index is 13.5. The Morgan fingerprint density at radius 3 is 2.17 bits per heavy atom. The number of hydrogen-bond donors (Lipinski definition) is 1. The summed E-state index contributed by atoms with van der Waals surface area (Å²) in [5, 5.41) is 2.94. The molecule has 0 bridgehead atoms. The van der Waals surface area contributed by atoms with E-state index in [-0.39, 0.29) is 22.8 Å². The number of rotatable bonds is 8. The van der Waals surface area contributed by atoms with Crippen LogP contribution in [0.25, 0.3) is 0 Å². The molecule has 0 spiro atoms. The second-order valence-corrected chi connectivity index (χ2v) is 9.79. The van der Waals surface area contributed by atoms with E-state index in [2.05, 4.69) is 10.1 Å². The van der Waals surface area contributed by atoms with Crippen LogP contribution in [0.4, 0.5) is 24.5 Å². The van der Waals surface area contributed by atoms with Crippen molar-refractivity contribution in [3.05, 3.63) is 89.5 Å². The van der Waals surface area contributed by atoms with Gasteiger partial charge >= 0.3 is 12.1 Å². The molecule has 0 amide bonds. The maximum atomic E-state index is 13.5. The fourth-order valence-corrected chi connectivity index (χ4v) is 5.21. The van der Waals surface area contributed by atoms with Crippen molar-refractivity contribution in [1.29, 1.82) is 0 Å². The molecule has 0 radical (unpaired) electrons. The minimum Gasteiger partial charge on any atom is -0.465 e. The number of ether oxygens (including phenoxy) is 1. The monoisotopic (exact) mass is 506 g/mol. The fourth-order valence-electron chi connectivity index (χ4n) is 3.51. The Labute approximate surface area is 202 Å². The molecule has 10 heteroatoms. The Morgan fingerprint density at radius 1 is 1.00 bits per heavy atom. The highest BCUT2D eigenvalue weighted by molar-refractivity contribution is 7.92. The number of carbonyl (C=O) groups is 1. The van der Waals surface area contributed by atoms with E-state index >= 15 is 0 Å². The van der Waals surface area contributed by atoms with Gasteiger partial charge in [0, 0.05) is 12.6 Å². The smallest absolute Gasteiger partial charge is 0.416 e. The van der Waals surface area contributed by atoms with E-state index in [1.165, 1.54) is 31.4 Å². The summed E-state index contributed by atoms with van der Waals surface area (Å²) < 4.78 is 73.1. The normalized spacial score (nSPS) is 11.9. The number of esters is 1. The molecule has 6 nitrogen and oxygen atoms in total. The molecular formula is C25H25F3N2O4S. The van der Waals surface area contributed by atoms with Gasteiger partial charge in [-0.2, -0.15) is 13.2 Å². The van der Waals surface area contributed by atoms with Crippen LogP contribution in [0.3, 0.4) is 0 Å². The van der Waals surface area contributed by atoms with Gasteiger partial charge in [-0.1, -0.05) is 30.3 Å². The van der Waals surface area contributed by atoms with Crippen molar-refractivity contribution in [3.8, 4) is 0 Å². The van der Waals surface area contributed by atoms with E-state index in [9.17, 15) is 26.4 Å². The SMILES string of the molecule is COC(=O)c1ccc(CNc2cc(C(F)(F)F)ccc2N(C(C)C)S(=O)(=O)c2ccccc2)cc1. The third-order valence-electron chi connectivity index (χ3n) is 5.19. The molecule has 1 N–H and O–H groups in total. The molecule has 0 aliphatic heterocycles. The minimum absolute atomic E-state index is 0.00470. The Balaban J connectivity index is 2.03. The molecule has 3 aromatic carbocycles. The molecule has 0 saturated heterocycles. The van der Waals surface area contributed by atoms with Crippen molar-refractivity contribution in [2.24, 2.45) is 0 Å². The zero-order valence-corrected chi connectivity index (χ0v) is 20.2. The van der Waals surface area contributed by atoms with Crippen molar-refractivity contribution in [2.75, 3.05) is 16.7 Å². The highest BCUT2D eigenvalue weighted by atomic mass is 32.2. The quantitative estimate of drug-likeness (QED) is 0.396. The molecule has 0 saturated carbocycles. The third-order valence-corrected chi connectivity index (χ3v) is 7.19. The standard InChI is InChI=1S/C25H25F3N2O4S/c1-17(2)30(35(32,33)21-7-5-4-6-8-21)23-14-13-20(25(26,27)28)15-22(23)29-16-18-9-11-19(12-10-18)24(31)34-3/h4-15,17,29H,16H2,1-3H3. The summed E-state index contributed by atoms with van der Waals surface area (Å²) in [6.07, 6.45) is -4.61. The van der Waals surface area contributed by atoms with Gasteiger partial charge in [0.25, 0.3) is 10.0 Å². The third kappa shape index (κ3) is 5.94. The van der Waals surface area contributed by atoms with Crippen molar-refractivity contribution in [2.45, 2.75) is 37.5 Å². The van der Waals surface area contributed by atoms with Crippen LogP contribution in [0.2, 0.25) is 0 Å². The lowest BCUT2D eigenvalue weighted by Gasteiger charge is -2.30. The van der Waals surface area contributed by atoms with Crippen LogP contribution in [-0.2, 0) is 27.5 Å². The van der Waals surface area contributed by atoms with Gasteiger partial charge < -0.3 is 10.1 Å². The number of halogens is 3. The van der Waals surface area contributed by atoms with Gasteiger partial charge in [0.15, 0.2) is 0 Å². The Bertz CT molecular complexity index is 1280. The first kappa shape index (κ1) is 26.1. The maximum Gasteiger partial charge on any atom is 0.416 e. The zero-order valence-electron chi connectivity index (χ0n) is 19.3. The molecule has 35 heavy (non-hydrogen) atoms. The Kier molecular flexibility index (Phi) is 7.74. The molecule has 3 rings (SSSR count). The topological polar surface area (TPSA) is 75.7 Å². The van der Waals surface area contributed by atoms with E-state index in [1.54, 1.807) is 44.2 Å². The van der Waals surface area contributed by atoms with Gasteiger partial charge in [-0.15, -0.1) is 0 Å². The number of carbonyl (C=O) groups excluding carboxylic acids is 1. The van der Waals surface area contributed by atoms with Gasteiger partial charge in [-0.3, -0.25) is 4.31 Å². The fraction of sp³-hybridized carbons (Fsp3) is 0.240. The first-order valence-electron chi connectivity index (χ1n) is 10.7. The molecule has 0 atom stereocenters. The average molecular weight is 507 g/mol. The molecule has 3 aromatic rings. The number of methoxy groups -OCH3 is 1.